The summed E-state index contributed by atoms with van der Waals surface area (Å²) >= 11 is 0. The molecule has 0 saturated carbocycles. The number of rotatable bonds is 7. The first kappa shape index (κ1) is 20.3. The van der Waals surface area contributed by atoms with Gasteiger partial charge < -0.3 is 10.4 Å². The molecule has 0 unspecified atom stereocenters. The number of carboxylic acids is 1. The number of nitrogens with zero attached hydrogens (tertiary/aromatic N) is 2. The average Bonchev–Trinajstić information content (AvgIpc) is 2.72. The van der Waals surface area contributed by atoms with Crippen LogP contribution < -0.4 is 10.9 Å². The van der Waals surface area contributed by atoms with E-state index in [1.165, 1.54) is 6.07 Å². The molecule has 3 aromatic rings. The molecule has 29 heavy (non-hydrogen) atoms. The summed E-state index contributed by atoms with van der Waals surface area (Å²) in [6.07, 6.45) is 0.604. The fourth-order valence-electron chi connectivity index (χ4n) is 3.10. The van der Waals surface area contributed by atoms with Crippen LogP contribution >= 0.6 is 0 Å². The minimum Gasteiger partial charge on any atom is -0.480 e. The average molecular weight is 393 g/mol. The van der Waals surface area contributed by atoms with Crippen molar-refractivity contribution in [1.82, 2.24) is 15.1 Å². The lowest BCUT2D eigenvalue weighted by molar-refractivity contribution is -0.143. The molecule has 2 aromatic carbocycles. The quantitative estimate of drug-likeness (QED) is 0.643. The summed E-state index contributed by atoms with van der Waals surface area (Å²) in [5.74, 6) is -1.90. The number of carbonyl (C=O) groups is 2. The van der Waals surface area contributed by atoms with Gasteiger partial charge in [-0.3, -0.25) is 9.59 Å². The van der Waals surface area contributed by atoms with E-state index < -0.39 is 23.5 Å². The molecule has 0 radical (unpaired) electrons. The van der Waals surface area contributed by atoms with Crippen LogP contribution in [0.5, 0.6) is 0 Å². The van der Waals surface area contributed by atoms with Crippen LogP contribution in [0.25, 0.3) is 22.0 Å². The second-order valence-corrected chi connectivity index (χ2v) is 7.05. The van der Waals surface area contributed by atoms with Crippen molar-refractivity contribution in [3.63, 3.8) is 0 Å². The number of benzene rings is 2. The predicted molar refractivity (Wildman–Crippen MR) is 110 cm³/mol. The van der Waals surface area contributed by atoms with E-state index in [9.17, 15) is 19.5 Å². The highest BCUT2D eigenvalue weighted by Crippen LogP contribution is 2.22. The van der Waals surface area contributed by atoms with E-state index >= 15 is 0 Å². The predicted octanol–water partition coefficient (Wildman–Crippen LogP) is 2.68. The van der Waals surface area contributed by atoms with Gasteiger partial charge in [-0.1, -0.05) is 56.7 Å². The van der Waals surface area contributed by atoms with Crippen LogP contribution in [0, 0.1) is 5.92 Å². The molecule has 0 aliphatic heterocycles. The standard InChI is InChI=1S/C22H23N3O4/c1-3-14(2)21(22(28)29)23-19(26)13-25-20(27)11-10-18(24-25)17-9-8-15-6-4-5-7-16(15)12-17/h4-12,14,21H,3,13H2,1-2H3,(H,23,26)(H,28,29)/t14-,21-/m0/s1. The maximum absolute atomic E-state index is 12.3. The second-order valence-electron chi connectivity index (χ2n) is 7.05. The van der Waals surface area contributed by atoms with E-state index in [1.54, 1.807) is 13.0 Å². The summed E-state index contributed by atoms with van der Waals surface area (Å²) in [5, 5.41) is 18.2. The highest BCUT2D eigenvalue weighted by molar-refractivity contribution is 5.87. The van der Waals surface area contributed by atoms with Gasteiger partial charge in [0.05, 0.1) is 5.69 Å². The zero-order valence-electron chi connectivity index (χ0n) is 16.3. The molecule has 7 heteroatoms. The molecule has 1 aromatic heterocycles. The third-order valence-corrected chi connectivity index (χ3v) is 5.00. The van der Waals surface area contributed by atoms with Crippen molar-refractivity contribution in [3.05, 3.63) is 65.0 Å². The molecule has 0 bridgehead atoms. The van der Waals surface area contributed by atoms with Crippen molar-refractivity contribution < 1.29 is 14.7 Å². The Kier molecular flexibility index (Phi) is 6.07. The Morgan fingerprint density at radius 3 is 2.52 bits per heavy atom. The Hall–Kier alpha value is -3.48. The third-order valence-electron chi connectivity index (χ3n) is 5.00. The van der Waals surface area contributed by atoms with Crippen molar-refractivity contribution in [2.24, 2.45) is 5.92 Å². The summed E-state index contributed by atoms with van der Waals surface area (Å²) in [6.45, 7) is 3.26. The second kappa shape index (κ2) is 8.68. The maximum Gasteiger partial charge on any atom is 0.326 e. The van der Waals surface area contributed by atoms with Gasteiger partial charge in [0.25, 0.3) is 5.56 Å². The molecule has 0 fully saturated rings. The fourth-order valence-corrected chi connectivity index (χ4v) is 3.10. The summed E-state index contributed by atoms with van der Waals surface area (Å²) in [7, 11) is 0. The summed E-state index contributed by atoms with van der Waals surface area (Å²) < 4.78 is 1.05. The lowest BCUT2D eigenvalue weighted by Crippen LogP contribution is -2.47. The first-order valence-corrected chi connectivity index (χ1v) is 9.48. The molecule has 0 aliphatic carbocycles. The van der Waals surface area contributed by atoms with Crippen LogP contribution in [-0.4, -0.2) is 32.8 Å². The lowest BCUT2D eigenvalue weighted by atomic mass is 9.99. The number of amides is 1. The number of aliphatic carboxylic acids is 1. The Labute approximate surface area is 168 Å². The molecule has 3 rings (SSSR count). The molecular weight excluding hydrogens is 370 g/mol. The Morgan fingerprint density at radius 2 is 1.83 bits per heavy atom. The number of aromatic nitrogens is 2. The highest BCUT2D eigenvalue weighted by Gasteiger charge is 2.25. The monoisotopic (exact) mass is 393 g/mol. The van der Waals surface area contributed by atoms with E-state index in [-0.39, 0.29) is 12.5 Å². The number of carbonyl (C=O) groups excluding carboxylic acids is 1. The van der Waals surface area contributed by atoms with Gasteiger partial charge in [0.15, 0.2) is 0 Å². The minimum absolute atomic E-state index is 0.231. The Bertz CT molecular complexity index is 1110. The molecule has 150 valence electrons. The van der Waals surface area contributed by atoms with Crippen LogP contribution in [0.1, 0.15) is 20.3 Å². The van der Waals surface area contributed by atoms with E-state index in [2.05, 4.69) is 10.4 Å². The van der Waals surface area contributed by atoms with Gasteiger partial charge in [0, 0.05) is 11.6 Å². The largest absolute Gasteiger partial charge is 0.480 e. The van der Waals surface area contributed by atoms with Crippen LogP contribution in [0.3, 0.4) is 0 Å². The topological polar surface area (TPSA) is 101 Å². The smallest absolute Gasteiger partial charge is 0.326 e. The van der Waals surface area contributed by atoms with Crippen LogP contribution in [0.15, 0.2) is 59.4 Å². The van der Waals surface area contributed by atoms with Gasteiger partial charge >= 0.3 is 5.97 Å². The van der Waals surface area contributed by atoms with Gasteiger partial charge in [0.2, 0.25) is 5.91 Å². The van der Waals surface area contributed by atoms with Gasteiger partial charge in [-0.15, -0.1) is 0 Å². The minimum atomic E-state index is -1.10. The summed E-state index contributed by atoms with van der Waals surface area (Å²) in [6, 6.07) is 15.7. The zero-order valence-corrected chi connectivity index (χ0v) is 16.3. The van der Waals surface area contributed by atoms with Gasteiger partial charge in [-0.2, -0.15) is 5.10 Å². The van der Waals surface area contributed by atoms with E-state index in [0.29, 0.717) is 12.1 Å². The number of hydrogen-bond donors (Lipinski definition) is 2. The number of fused-ring (bicyclic) bond motifs is 1. The van der Waals surface area contributed by atoms with Crippen LogP contribution in [-0.2, 0) is 16.1 Å². The summed E-state index contributed by atoms with van der Waals surface area (Å²) in [5.41, 5.74) is 0.945. The number of hydrogen-bond acceptors (Lipinski definition) is 4. The molecule has 7 nitrogen and oxygen atoms in total. The van der Waals surface area contributed by atoms with Crippen LogP contribution in [0.2, 0.25) is 0 Å². The molecule has 0 saturated heterocycles. The van der Waals surface area contributed by atoms with Crippen molar-refractivity contribution in [2.75, 3.05) is 0 Å². The van der Waals surface area contributed by atoms with Gasteiger partial charge in [-0.05, 0) is 28.8 Å². The van der Waals surface area contributed by atoms with Crippen LogP contribution in [0.4, 0.5) is 0 Å². The molecule has 2 atom stereocenters. The SMILES string of the molecule is CC[C@H](C)[C@H](NC(=O)Cn1nc(-c2ccc3ccccc3c2)ccc1=O)C(=O)O. The maximum atomic E-state index is 12.3. The van der Waals surface area contributed by atoms with Crippen molar-refractivity contribution in [3.8, 4) is 11.3 Å². The normalized spacial score (nSPS) is 13.0. The zero-order chi connectivity index (χ0) is 21.0. The molecular formula is C22H23N3O4. The Balaban J connectivity index is 1.84. The van der Waals surface area contributed by atoms with E-state index in [0.717, 1.165) is 21.0 Å². The first-order valence-electron chi connectivity index (χ1n) is 9.48. The number of carboxylic acid groups (broad SMARTS) is 1. The van der Waals surface area contributed by atoms with E-state index in [4.69, 9.17) is 0 Å². The molecule has 1 heterocycles. The molecule has 0 spiro atoms. The van der Waals surface area contributed by atoms with Gasteiger partial charge in [-0.25, -0.2) is 9.48 Å². The molecule has 1 amide bonds. The number of nitrogens with one attached hydrogen (secondary N) is 1. The van der Waals surface area contributed by atoms with Crippen molar-refractivity contribution >= 4 is 22.6 Å². The van der Waals surface area contributed by atoms with E-state index in [1.807, 2.05) is 49.4 Å². The highest BCUT2D eigenvalue weighted by atomic mass is 16.4. The third kappa shape index (κ3) is 4.68. The lowest BCUT2D eigenvalue weighted by Gasteiger charge is -2.20. The first-order chi connectivity index (χ1) is 13.9. The van der Waals surface area contributed by atoms with Crippen molar-refractivity contribution in [2.45, 2.75) is 32.9 Å². The fraction of sp³-hybridized carbons (Fsp3) is 0.273. The Morgan fingerprint density at radius 1 is 1.10 bits per heavy atom. The molecule has 0 aliphatic rings. The van der Waals surface area contributed by atoms with Crippen molar-refractivity contribution in [1.29, 1.82) is 0 Å². The molecule has 2 N–H and O–H groups in total. The van der Waals surface area contributed by atoms with Gasteiger partial charge in [0.1, 0.15) is 12.6 Å². The summed E-state index contributed by atoms with van der Waals surface area (Å²) in [4.78, 5) is 35.9.